The number of nitrogens with zero attached hydrogens (tertiary/aromatic N) is 1. The van der Waals surface area contributed by atoms with Crippen LogP contribution in [0.2, 0.25) is 5.02 Å². The van der Waals surface area contributed by atoms with Crippen LogP contribution >= 0.6 is 11.6 Å². The van der Waals surface area contributed by atoms with Gasteiger partial charge in [0.25, 0.3) is 0 Å². The van der Waals surface area contributed by atoms with E-state index in [1.54, 1.807) is 0 Å². The molecule has 0 spiro atoms. The van der Waals surface area contributed by atoms with Crippen LogP contribution in [0.25, 0.3) is 10.9 Å². The van der Waals surface area contributed by atoms with Crippen LogP contribution in [0.3, 0.4) is 0 Å². The molecule has 0 aliphatic rings. The van der Waals surface area contributed by atoms with Crippen LogP contribution in [0.4, 0.5) is 10.1 Å². The number of pyridine rings is 1. The largest absolute Gasteiger partial charge is 0.384 e. The van der Waals surface area contributed by atoms with Gasteiger partial charge in [-0.15, -0.1) is 0 Å². The first-order valence-electron chi connectivity index (χ1n) is 6.04. The predicted molar refractivity (Wildman–Crippen MR) is 75.0 cm³/mol. The maximum atomic E-state index is 13.5. The number of anilines is 1. The van der Waals surface area contributed by atoms with Gasteiger partial charge in [0.2, 0.25) is 0 Å². The molecule has 18 heavy (non-hydrogen) atoms. The van der Waals surface area contributed by atoms with Gasteiger partial charge >= 0.3 is 0 Å². The fourth-order valence-electron chi connectivity index (χ4n) is 1.98. The number of fused-ring (bicyclic) bond motifs is 1. The zero-order valence-corrected chi connectivity index (χ0v) is 11.5. The first kappa shape index (κ1) is 13.1. The maximum absolute atomic E-state index is 13.5. The Balaban J connectivity index is 2.74. The van der Waals surface area contributed by atoms with Gasteiger partial charge in [-0.1, -0.05) is 18.5 Å². The van der Waals surface area contributed by atoms with Gasteiger partial charge in [-0.3, -0.25) is 4.98 Å². The lowest BCUT2D eigenvalue weighted by molar-refractivity contribution is 0.629. The molecule has 2 aromatic rings. The fourth-order valence-corrected chi connectivity index (χ4v) is 2.23. The molecule has 0 radical (unpaired) electrons. The fraction of sp³-hybridized carbons (Fsp3) is 0.357. The average Bonchev–Trinajstić information content (AvgIpc) is 2.31. The van der Waals surface area contributed by atoms with Crippen molar-refractivity contribution in [2.24, 2.45) is 0 Å². The highest BCUT2D eigenvalue weighted by Gasteiger charge is 2.12. The molecule has 2 rings (SSSR count). The summed E-state index contributed by atoms with van der Waals surface area (Å²) < 4.78 is 13.5. The molecule has 0 fully saturated rings. The van der Waals surface area contributed by atoms with E-state index in [-0.39, 0.29) is 5.82 Å². The average molecular weight is 267 g/mol. The van der Waals surface area contributed by atoms with Gasteiger partial charge in [0, 0.05) is 23.3 Å². The Morgan fingerprint density at radius 3 is 2.72 bits per heavy atom. The molecule has 0 saturated heterocycles. The molecule has 1 N–H and O–H groups in total. The second-order valence-electron chi connectivity index (χ2n) is 4.41. The lowest BCUT2D eigenvalue weighted by Gasteiger charge is -2.15. The van der Waals surface area contributed by atoms with Gasteiger partial charge in [0.1, 0.15) is 5.82 Å². The second-order valence-corrected chi connectivity index (χ2v) is 4.81. The summed E-state index contributed by atoms with van der Waals surface area (Å²) in [5.41, 5.74) is 3.53. The lowest BCUT2D eigenvalue weighted by Crippen LogP contribution is -2.05. The predicted octanol–water partition coefficient (Wildman–Crippen LogP) is 4.47. The molecule has 0 amide bonds. The third kappa shape index (κ3) is 2.27. The first-order valence-corrected chi connectivity index (χ1v) is 6.42. The van der Waals surface area contributed by atoms with E-state index < -0.39 is 0 Å². The number of rotatable bonds is 3. The van der Waals surface area contributed by atoms with E-state index in [1.807, 2.05) is 13.8 Å². The molecule has 0 aliphatic carbocycles. The Kier molecular flexibility index (Phi) is 3.71. The molecule has 0 unspecified atom stereocenters. The minimum absolute atomic E-state index is 0.336. The number of nitrogens with one attached hydrogen (secondary N) is 1. The number of hydrogen-bond donors (Lipinski definition) is 1. The molecule has 0 aliphatic heterocycles. The van der Waals surface area contributed by atoms with Crippen LogP contribution in [0.1, 0.15) is 24.6 Å². The molecular weight excluding hydrogens is 251 g/mol. The standard InChI is InChI=1S/C14H16ClFN2/c1-4-5-17-13-8(2)9(3)18-14-11(13)6-10(16)7-12(14)15/h6-7H,4-5H2,1-3H3,(H,17,18). The number of aromatic nitrogens is 1. The molecule has 96 valence electrons. The Bertz CT molecular complexity index is 596. The summed E-state index contributed by atoms with van der Waals surface area (Å²) in [6, 6.07) is 2.79. The molecule has 1 heterocycles. The van der Waals surface area contributed by atoms with E-state index in [9.17, 15) is 4.39 Å². The van der Waals surface area contributed by atoms with Crippen molar-refractivity contribution in [2.75, 3.05) is 11.9 Å². The second kappa shape index (κ2) is 5.11. The number of benzene rings is 1. The minimum Gasteiger partial charge on any atom is -0.384 e. The SMILES string of the molecule is CCCNc1c(C)c(C)nc2c(Cl)cc(F)cc12. The number of halogens is 2. The van der Waals surface area contributed by atoms with Gasteiger partial charge in [-0.05, 0) is 38.0 Å². The molecule has 4 heteroatoms. The molecule has 0 bridgehead atoms. The summed E-state index contributed by atoms with van der Waals surface area (Å²) in [5.74, 6) is -0.336. The minimum atomic E-state index is -0.336. The Labute approximate surface area is 111 Å². The van der Waals surface area contributed by atoms with Gasteiger partial charge in [-0.2, -0.15) is 0 Å². The van der Waals surface area contributed by atoms with Crippen molar-refractivity contribution in [2.45, 2.75) is 27.2 Å². The highest BCUT2D eigenvalue weighted by Crippen LogP contribution is 2.32. The van der Waals surface area contributed by atoms with Crippen LogP contribution in [-0.2, 0) is 0 Å². The number of hydrogen-bond acceptors (Lipinski definition) is 2. The van der Waals surface area contributed by atoms with Crippen LogP contribution in [0.5, 0.6) is 0 Å². The highest BCUT2D eigenvalue weighted by molar-refractivity contribution is 6.35. The quantitative estimate of drug-likeness (QED) is 0.887. The Hall–Kier alpha value is -1.35. The molecule has 1 aromatic carbocycles. The van der Waals surface area contributed by atoms with E-state index in [1.165, 1.54) is 12.1 Å². The first-order chi connectivity index (χ1) is 8.54. The van der Waals surface area contributed by atoms with E-state index in [0.29, 0.717) is 10.5 Å². The zero-order chi connectivity index (χ0) is 13.3. The highest BCUT2D eigenvalue weighted by atomic mass is 35.5. The van der Waals surface area contributed by atoms with Gasteiger partial charge in [-0.25, -0.2) is 4.39 Å². The van der Waals surface area contributed by atoms with Crippen molar-refractivity contribution in [3.8, 4) is 0 Å². The van der Waals surface area contributed by atoms with Crippen molar-refractivity contribution in [3.63, 3.8) is 0 Å². The van der Waals surface area contributed by atoms with E-state index in [2.05, 4.69) is 17.2 Å². The molecule has 0 saturated carbocycles. The third-order valence-electron chi connectivity index (χ3n) is 3.05. The maximum Gasteiger partial charge on any atom is 0.125 e. The van der Waals surface area contributed by atoms with E-state index >= 15 is 0 Å². The van der Waals surface area contributed by atoms with Crippen molar-refractivity contribution in [1.82, 2.24) is 4.98 Å². The van der Waals surface area contributed by atoms with Crippen molar-refractivity contribution in [1.29, 1.82) is 0 Å². The summed E-state index contributed by atoms with van der Waals surface area (Å²) in [6.45, 7) is 6.85. The normalized spacial score (nSPS) is 10.9. The van der Waals surface area contributed by atoms with E-state index in [4.69, 9.17) is 11.6 Å². The van der Waals surface area contributed by atoms with Crippen LogP contribution in [-0.4, -0.2) is 11.5 Å². The topological polar surface area (TPSA) is 24.9 Å². The van der Waals surface area contributed by atoms with Crippen molar-refractivity contribution < 1.29 is 4.39 Å². The zero-order valence-electron chi connectivity index (χ0n) is 10.8. The molecule has 1 aromatic heterocycles. The molecule has 2 nitrogen and oxygen atoms in total. The van der Waals surface area contributed by atoms with Gasteiger partial charge in [0.05, 0.1) is 10.5 Å². The van der Waals surface area contributed by atoms with Crippen molar-refractivity contribution >= 4 is 28.2 Å². The molecular formula is C14H16ClFN2. The Morgan fingerprint density at radius 1 is 1.33 bits per heavy atom. The van der Waals surface area contributed by atoms with Gasteiger partial charge < -0.3 is 5.32 Å². The summed E-state index contributed by atoms with van der Waals surface area (Å²) in [5, 5.41) is 4.44. The Morgan fingerprint density at radius 2 is 2.06 bits per heavy atom. The monoisotopic (exact) mass is 266 g/mol. The summed E-state index contributed by atoms with van der Waals surface area (Å²) >= 11 is 6.06. The summed E-state index contributed by atoms with van der Waals surface area (Å²) in [7, 11) is 0. The van der Waals surface area contributed by atoms with Gasteiger partial charge in [0.15, 0.2) is 0 Å². The van der Waals surface area contributed by atoms with Crippen LogP contribution < -0.4 is 5.32 Å². The van der Waals surface area contributed by atoms with E-state index in [0.717, 1.165) is 35.3 Å². The summed E-state index contributed by atoms with van der Waals surface area (Å²) in [6.07, 6.45) is 1.01. The van der Waals surface area contributed by atoms with Crippen LogP contribution in [0, 0.1) is 19.7 Å². The third-order valence-corrected chi connectivity index (χ3v) is 3.33. The number of aryl methyl sites for hydroxylation is 1. The van der Waals surface area contributed by atoms with Crippen molar-refractivity contribution in [3.05, 3.63) is 34.2 Å². The van der Waals surface area contributed by atoms with Crippen LogP contribution in [0.15, 0.2) is 12.1 Å². The lowest BCUT2D eigenvalue weighted by atomic mass is 10.1. The molecule has 0 atom stereocenters. The smallest absolute Gasteiger partial charge is 0.125 e. The summed E-state index contributed by atoms with van der Waals surface area (Å²) in [4.78, 5) is 4.45.